The Bertz CT molecular complexity index is 447. The first kappa shape index (κ1) is 9.22. The highest BCUT2D eigenvalue weighted by Gasteiger charge is 2.20. The summed E-state index contributed by atoms with van der Waals surface area (Å²) < 4.78 is 0. The molecule has 0 aromatic heterocycles. The maximum atomic E-state index is 11.9. The van der Waals surface area contributed by atoms with Crippen LogP contribution in [0.15, 0.2) is 42.5 Å². The molecule has 71 valence electrons. The molecule has 0 N–H and O–H groups in total. The molecule has 1 nitrogen and oxygen atoms in total. The Morgan fingerprint density at radius 3 is 2.29 bits per heavy atom. The first-order chi connectivity index (χ1) is 6.59. The van der Waals surface area contributed by atoms with Crippen molar-refractivity contribution in [3.63, 3.8) is 0 Å². The lowest BCUT2D eigenvalue weighted by atomic mass is 9.93. The molecule has 0 heterocycles. The Morgan fingerprint density at radius 2 is 1.57 bits per heavy atom. The second-order valence-electron chi connectivity index (χ2n) is 4.04. The lowest BCUT2D eigenvalue weighted by Crippen LogP contribution is -2.13. The Hall–Kier alpha value is -1.34. The van der Waals surface area contributed by atoms with Crippen molar-refractivity contribution < 1.29 is 5.11 Å². The van der Waals surface area contributed by atoms with E-state index in [1.807, 2.05) is 42.5 Å². The molecule has 14 heavy (non-hydrogen) atoms. The highest BCUT2D eigenvalue weighted by molar-refractivity contribution is 5.86. The van der Waals surface area contributed by atoms with E-state index in [0.29, 0.717) is 0 Å². The van der Waals surface area contributed by atoms with E-state index >= 15 is 0 Å². The number of benzene rings is 2. The standard InChI is InChI=1S/C13H13O/c1-13(2,14)12-9-5-7-10-6-3-4-8-11(10)12/h3-9H,1-2H3. The Morgan fingerprint density at radius 1 is 0.929 bits per heavy atom. The van der Waals surface area contributed by atoms with Gasteiger partial charge in [-0.15, -0.1) is 0 Å². The van der Waals surface area contributed by atoms with Crippen molar-refractivity contribution in [2.75, 3.05) is 0 Å². The molecular formula is C13H13O. The second kappa shape index (κ2) is 3.10. The smallest absolute Gasteiger partial charge is 0.123 e. The molecule has 2 rings (SSSR count). The van der Waals surface area contributed by atoms with Gasteiger partial charge in [-0.2, -0.15) is 0 Å². The topological polar surface area (TPSA) is 19.9 Å². The van der Waals surface area contributed by atoms with Gasteiger partial charge in [0, 0.05) is 0 Å². The van der Waals surface area contributed by atoms with Gasteiger partial charge in [0.05, 0.1) is 0 Å². The maximum absolute atomic E-state index is 11.9. The van der Waals surface area contributed by atoms with E-state index in [2.05, 4.69) is 0 Å². The van der Waals surface area contributed by atoms with E-state index in [4.69, 9.17) is 0 Å². The summed E-state index contributed by atoms with van der Waals surface area (Å²) in [6.07, 6.45) is 0. The molecule has 0 saturated heterocycles. The van der Waals surface area contributed by atoms with Crippen molar-refractivity contribution in [1.82, 2.24) is 0 Å². The monoisotopic (exact) mass is 185 g/mol. The number of fused-ring (bicyclic) bond motifs is 1. The van der Waals surface area contributed by atoms with E-state index in [-0.39, 0.29) is 0 Å². The van der Waals surface area contributed by atoms with Crippen LogP contribution in [0, 0.1) is 0 Å². The summed E-state index contributed by atoms with van der Waals surface area (Å²) in [4.78, 5) is 0. The molecule has 2 aromatic rings. The van der Waals surface area contributed by atoms with E-state index in [9.17, 15) is 5.11 Å². The lowest BCUT2D eigenvalue weighted by molar-refractivity contribution is 0.00122. The molecule has 0 amide bonds. The van der Waals surface area contributed by atoms with Crippen LogP contribution in [0.4, 0.5) is 0 Å². The third-order valence-electron chi connectivity index (χ3n) is 2.44. The van der Waals surface area contributed by atoms with Crippen molar-refractivity contribution >= 4 is 10.8 Å². The average molecular weight is 185 g/mol. The van der Waals surface area contributed by atoms with Crippen molar-refractivity contribution in [2.24, 2.45) is 0 Å². The van der Waals surface area contributed by atoms with E-state index in [1.165, 1.54) is 0 Å². The molecule has 0 saturated carbocycles. The first-order valence-corrected chi connectivity index (χ1v) is 4.78. The SMILES string of the molecule is CC(C)([O])c1cccc2ccccc12. The number of hydrogen-bond acceptors (Lipinski definition) is 0. The molecular weight excluding hydrogens is 172 g/mol. The summed E-state index contributed by atoms with van der Waals surface area (Å²) in [7, 11) is 0. The van der Waals surface area contributed by atoms with Crippen LogP contribution in [0.1, 0.15) is 19.4 Å². The zero-order chi connectivity index (χ0) is 10.2. The van der Waals surface area contributed by atoms with Gasteiger partial charge in [-0.25, -0.2) is 5.11 Å². The molecule has 0 unspecified atom stereocenters. The Labute approximate surface area is 84.0 Å². The van der Waals surface area contributed by atoms with Crippen LogP contribution in [0.3, 0.4) is 0 Å². The minimum Gasteiger partial charge on any atom is -0.225 e. The summed E-state index contributed by atoms with van der Waals surface area (Å²) in [5, 5.41) is 14.1. The summed E-state index contributed by atoms with van der Waals surface area (Å²) in [6, 6.07) is 13.9. The quantitative estimate of drug-likeness (QED) is 0.648. The van der Waals surface area contributed by atoms with Gasteiger partial charge in [-0.3, -0.25) is 0 Å². The molecule has 1 heteroatoms. The molecule has 1 radical (unpaired) electrons. The van der Waals surface area contributed by atoms with Crippen LogP contribution in [0.2, 0.25) is 0 Å². The summed E-state index contributed by atoms with van der Waals surface area (Å²) in [6.45, 7) is 3.41. The summed E-state index contributed by atoms with van der Waals surface area (Å²) in [5.74, 6) is 0. The minimum absolute atomic E-state index is 0.871. The fourth-order valence-corrected chi connectivity index (χ4v) is 1.75. The van der Waals surface area contributed by atoms with Crippen LogP contribution in [-0.4, -0.2) is 0 Å². The third-order valence-corrected chi connectivity index (χ3v) is 2.44. The normalized spacial score (nSPS) is 11.9. The largest absolute Gasteiger partial charge is 0.225 e. The lowest BCUT2D eigenvalue weighted by Gasteiger charge is -2.17. The number of rotatable bonds is 1. The predicted octanol–water partition coefficient (Wildman–Crippen LogP) is 3.51. The van der Waals surface area contributed by atoms with Gasteiger partial charge in [-0.05, 0) is 30.2 Å². The van der Waals surface area contributed by atoms with Crippen molar-refractivity contribution in [3.05, 3.63) is 48.0 Å². The van der Waals surface area contributed by atoms with Crippen LogP contribution in [0.25, 0.3) is 10.8 Å². The summed E-state index contributed by atoms with van der Waals surface area (Å²) in [5.41, 5.74) is -0.156. The minimum atomic E-state index is -1.03. The van der Waals surface area contributed by atoms with Crippen LogP contribution >= 0.6 is 0 Å². The van der Waals surface area contributed by atoms with Gasteiger partial charge < -0.3 is 0 Å². The Kier molecular flexibility index (Phi) is 2.05. The third kappa shape index (κ3) is 1.51. The molecule has 0 aliphatic heterocycles. The average Bonchev–Trinajstić information content (AvgIpc) is 2.15. The highest BCUT2D eigenvalue weighted by Crippen LogP contribution is 2.28. The molecule has 0 spiro atoms. The second-order valence-corrected chi connectivity index (χ2v) is 4.04. The Balaban J connectivity index is 2.78. The van der Waals surface area contributed by atoms with Gasteiger partial charge >= 0.3 is 0 Å². The van der Waals surface area contributed by atoms with Gasteiger partial charge in [0.2, 0.25) is 0 Å². The van der Waals surface area contributed by atoms with Gasteiger partial charge in [0.25, 0.3) is 0 Å². The molecule has 0 bridgehead atoms. The van der Waals surface area contributed by atoms with Gasteiger partial charge in [0.1, 0.15) is 5.60 Å². The fraction of sp³-hybridized carbons (Fsp3) is 0.231. The molecule has 0 fully saturated rings. The van der Waals surface area contributed by atoms with Crippen molar-refractivity contribution in [1.29, 1.82) is 0 Å². The molecule has 0 aliphatic rings. The molecule has 0 aliphatic carbocycles. The van der Waals surface area contributed by atoms with Crippen molar-refractivity contribution in [3.8, 4) is 0 Å². The van der Waals surface area contributed by atoms with Crippen LogP contribution < -0.4 is 0 Å². The molecule has 2 aromatic carbocycles. The zero-order valence-corrected chi connectivity index (χ0v) is 8.45. The first-order valence-electron chi connectivity index (χ1n) is 4.78. The van der Waals surface area contributed by atoms with Gasteiger partial charge in [-0.1, -0.05) is 42.5 Å². The van der Waals surface area contributed by atoms with E-state index in [1.54, 1.807) is 13.8 Å². The van der Waals surface area contributed by atoms with E-state index < -0.39 is 5.60 Å². The van der Waals surface area contributed by atoms with Crippen molar-refractivity contribution in [2.45, 2.75) is 19.4 Å². The predicted molar refractivity (Wildman–Crippen MR) is 57.7 cm³/mol. The van der Waals surface area contributed by atoms with E-state index in [0.717, 1.165) is 16.3 Å². The fourth-order valence-electron chi connectivity index (χ4n) is 1.75. The summed E-state index contributed by atoms with van der Waals surface area (Å²) >= 11 is 0. The van der Waals surface area contributed by atoms with Gasteiger partial charge in [0.15, 0.2) is 0 Å². The number of hydrogen-bond donors (Lipinski definition) is 0. The maximum Gasteiger partial charge on any atom is 0.123 e. The van der Waals surface area contributed by atoms with Crippen LogP contribution in [0.5, 0.6) is 0 Å². The zero-order valence-electron chi connectivity index (χ0n) is 8.45. The highest BCUT2D eigenvalue weighted by atomic mass is 16.3. The van der Waals surface area contributed by atoms with Crippen LogP contribution in [-0.2, 0) is 10.7 Å². The molecule has 0 atom stereocenters.